The number of carbonyl (C=O) groups excluding carboxylic acids is 2. The van der Waals surface area contributed by atoms with Crippen LogP contribution in [-0.4, -0.2) is 54.4 Å². The predicted octanol–water partition coefficient (Wildman–Crippen LogP) is 2.70. The first kappa shape index (κ1) is 19.2. The minimum absolute atomic E-state index is 0.0398. The molecule has 2 rings (SSSR count). The third-order valence-electron chi connectivity index (χ3n) is 4.06. The largest absolute Gasteiger partial charge is 0.484 e. The van der Waals surface area contributed by atoms with Crippen molar-refractivity contribution in [3.05, 3.63) is 30.1 Å². The van der Waals surface area contributed by atoms with Crippen LogP contribution in [0, 0.1) is 11.2 Å². The van der Waals surface area contributed by atoms with E-state index in [1.54, 1.807) is 4.90 Å². The maximum absolute atomic E-state index is 12.9. The second-order valence-electron chi connectivity index (χ2n) is 7.60. The molecule has 0 spiro atoms. The van der Waals surface area contributed by atoms with Crippen molar-refractivity contribution in [3.8, 4) is 5.75 Å². The molecule has 25 heavy (non-hydrogen) atoms. The number of halogens is 1. The smallest absolute Gasteiger partial charge is 0.260 e. The molecule has 138 valence electrons. The molecular formula is C19H27FN2O3. The molecule has 0 aromatic heterocycles. The van der Waals surface area contributed by atoms with Crippen LogP contribution in [0.5, 0.6) is 5.75 Å². The van der Waals surface area contributed by atoms with Crippen molar-refractivity contribution in [1.82, 2.24) is 9.80 Å². The van der Waals surface area contributed by atoms with Gasteiger partial charge in [0.1, 0.15) is 11.6 Å². The van der Waals surface area contributed by atoms with Gasteiger partial charge in [0, 0.05) is 32.6 Å². The normalized spacial score (nSPS) is 15.7. The Labute approximate surface area is 148 Å². The summed E-state index contributed by atoms with van der Waals surface area (Å²) in [5, 5.41) is 0. The first-order valence-electron chi connectivity index (χ1n) is 8.68. The molecule has 1 aliphatic rings. The fraction of sp³-hybridized carbons (Fsp3) is 0.579. The third-order valence-corrected chi connectivity index (χ3v) is 4.06. The molecule has 1 fully saturated rings. The summed E-state index contributed by atoms with van der Waals surface area (Å²) in [6.07, 6.45) is 1.27. The summed E-state index contributed by atoms with van der Waals surface area (Å²) < 4.78 is 18.3. The van der Waals surface area contributed by atoms with Crippen LogP contribution in [0.3, 0.4) is 0 Å². The lowest BCUT2D eigenvalue weighted by molar-refractivity contribution is -0.135. The summed E-state index contributed by atoms with van der Waals surface area (Å²) in [5.74, 6) is 0.150. The molecule has 0 radical (unpaired) electrons. The topological polar surface area (TPSA) is 49.9 Å². The molecule has 0 atom stereocenters. The van der Waals surface area contributed by atoms with Crippen molar-refractivity contribution < 1.29 is 18.7 Å². The van der Waals surface area contributed by atoms with Gasteiger partial charge in [0.15, 0.2) is 6.61 Å². The number of nitrogens with zero attached hydrogens (tertiary/aromatic N) is 2. The molecular weight excluding hydrogens is 323 g/mol. The van der Waals surface area contributed by atoms with E-state index in [1.165, 1.54) is 24.3 Å². The molecule has 1 aliphatic heterocycles. The van der Waals surface area contributed by atoms with Crippen molar-refractivity contribution in [3.63, 3.8) is 0 Å². The van der Waals surface area contributed by atoms with E-state index in [4.69, 9.17) is 4.74 Å². The van der Waals surface area contributed by atoms with Crippen molar-refractivity contribution in [2.45, 2.75) is 33.6 Å². The molecule has 1 heterocycles. The number of amides is 2. The van der Waals surface area contributed by atoms with Crippen molar-refractivity contribution in [2.75, 3.05) is 32.8 Å². The van der Waals surface area contributed by atoms with Gasteiger partial charge in [-0.1, -0.05) is 20.8 Å². The van der Waals surface area contributed by atoms with Crippen molar-refractivity contribution in [1.29, 1.82) is 0 Å². The molecule has 0 saturated carbocycles. The zero-order chi connectivity index (χ0) is 18.4. The van der Waals surface area contributed by atoms with Gasteiger partial charge in [0.05, 0.1) is 0 Å². The number of hydrogen-bond acceptors (Lipinski definition) is 3. The zero-order valence-electron chi connectivity index (χ0n) is 15.3. The highest BCUT2D eigenvalue weighted by Crippen LogP contribution is 2.20. The van der Waals surface area contributed by atoms with Gasteiger partial charge in [-0.3, -0.25) is 9.59 Å². The van der Waals surface area contributed by atoms with E-state index in [0.29, 0.717) is 38.3 Å². The maximum Gasteiger partial charge on any atom is 0.260 e. The van der Waals surface area contributed by atoms with E-state index in [0.717, 1.165) is 6.42 Å². The van der Waals surface area contributed by atoms with Crippen molar-refractivity contribution >= 4 is 11.8 Å². The van der Waals surface area contributed by atoms with Crippen LogP contribution < -0.4 is 4.74 Å². The Morgan fingerprint density at radius 3 is 2.12 bits per heavy atom. The SMILES string of the molecule is CC(C)(C)CC(=O)N1CCCN(C(=O)COc2ccc(F)cc2)CC1. The Hall–Kier alpha value is -2.11. The van der Waals surface area contributed by atoms with E-state index in [2.05, 4.69) is 0 Å². The first-order valence-corrected chi connectivity index (χ1v) is 8.68. The van der Waals surface area contributed by atoms with E-state index in [-0.39, 0.29) is 29.7 Å². The number of ether oxygens (including phenoxy) is 1. The fourth-order valence-electron chi connectivity index (χ4n) is 2.75. The van der Waals surface area contributed by atoms with Crippen molar-refractivity contribution in [2.24, 2.45) is 5.41 Å². The van der Waals surface area contributed by atoms with E-state index >= 15 is 0 Å². The van der Waals surface area contributed by atoms with Crippen LogP contribution in [0.25, 0.3) is 0 Å². The molecule has 1 aromatic rings. The first-order chi connectivity index (χ1) is 11.7. The molecule has 0 bridgehead atoms. The molecule has 0 unspecified atom stereocenters. The highest BCUT2D eigenvalue weighted by atomic mass is 19.1. The number of carbonyl (C=O) groups is 2. The van der Waals surface area contributed by atoms with Gasteiger partial charge < -0.3 is 14.5 Å². The molecule has 0 N–H and O–H groups in total. The van der Waals surface area contributed by atoms with Gasteiger partial charge >= 0.3 is 0 Å². The highest BCUT2D eigenvalue weighted by Gasteiger charge is 2.25. The Balaban J connectivity index is 1.82. The van der Waals surface area contributed by atoms with Gasteiger partial charge in [-0.05, 0) is 36.1 Å². The van der Waals surface area contributed by atoms with E-state index in [1.807, 2.05) is 25.7 Å². The lowest BCUT2D eigenvalue weighted by Gasteiger charge is -2.25. The van der Waals surface area contributed by atoms with E-state index in [9.17, 15) is 14.0 Å². The summed E-state index contributed by atoms with van der Waals surface area (Å²) in [4.78, 5) is 28.2. The van der Waals surface area contributed by atoms with Gasteiger partial charge in [0.25, 0.3) is 5.91 Å². The Kier molecular flexibility index (Phi) is 6.39. The molecule has 6 heteroatoms. The van der Waals surface area contributed by atoms with Crippen LogP contribution in [0.4, 0.5) is 4.39 Å². The summed E-state index contributed by atoms with van der Waals surface area (Å²) in [5.41, 5.74) is -0.0398. The van der Waals surface area contributed by atoms with Gasteiger partial charge in [0.2, 0.25) is 5.91 Å². The highest BCUT2D eigenvalue weighted by molar-refractivity contribution is 5.79. The number of rotatable bonds is 4. The van der Waals surface area contributed by atoms with Gasteiger partial charge in [-0.2, -0.15) is 0 Å². The van der Waals surface area contributed by atoms with Crippen LogP contribution in [-0.2, 0) is 9.59 Å². The minimum Gasteiger partial charge on any atom is -0.484 e. The second kappa shape index (κ2) is 8.32. The molecule has 1 saturated heterocycles. The quantitative estimate of drug-likeness (QED) is 0.839. The average molecular weight is 350 g/mol. The van der Waals surface area contributed by atoms with Crippen LogP contribution in [0.1, 0.15) is 33.6 Å². The summed E-state index contributed by atoms with van der Waals surface area (Å²) >= 11 is 0. The summed E-state index contributed by atoms with van der Waals surface area (Å²) in [6, 6.07) is 5.59. The Bertz CT molecular complexity index is 596. The molecule has 0 aliphatic carbocycles. The zero-order valence-corrected chi connectivity index (χ0v) is 15.3. The predicted molar refractivity (Wildman–Crippen MR) is 93.7 cm³/mol. The average Bonchev–Trinajstić information content (AvgIpc) is 2.78. The van der Waals surface area contributed by atoms with Crippen LogP contribution in [0.15, 0.2) is 24.3 Å². The lowest BCUT2D eigenvalue weighted by atomic mass is 9.91. The second-order valence-corrected chi connectivity index (χ2v) is 7.60. The maximum atomic E-state index is 12.9. The number of benzene rings is 1. The van der Waals surface area contributed by atoms with Gasteiger partial charge in [-0.15, -0.1) is 0 Å². The standard InChI is InChI=1S/C19H27FN2O3/c1-19(2,3)13-17(23)21-9-4-10-22(12-11-21)18(24)14-25-16-7-5-15(20)6-8-16/h5-8H,4,9-14H2,1-3H3. The Morgan fingerprint density at radius 2 is 1.56 bits per heavy atom. The van der Waals surface area contributed by atoms with Crippen LogP contribution >= 0.6 is 0 Å². The molecule has 2 amide bonds. The lowest BCUT2D eigenvalue weighted by Crippen LogP contribution is -2.39. The molecule has 5 nitrogen and oxygen atoms in total. The summed E-state index contributed by atoms with van der Waals surface area (Å²) in [6.45, 7) is 8.42. The van der Waals surface area contributed by atoms with Crippen LogP contribution in [0.2, 0.25) is 0 Å². The Morgan fingerprint density at radius 1 is 1.00 bits per heavy atom. The fourth-order valence-corrected chi connectivity index (χ4v) is 2.75. The van der Waals surface area contributed by atoms with E-state index < -0.39 is 0 Å². The minimum atomic E-state index is -0.341. The summed E-state index contributed by atoms with van der Waals surface area (Å²) in [7, 11) is 0. The third kappa shape index (κ3) is 6.36. The molecule has 1 aromatic carbocycles. The number of hydrogen-bond donors (Lipinski definition) is 0. The van der Waals surface area contributed by atoms with Gasteiger partial charge in [-0.25, -0.2) is 4.39 Å². The monoisotopic (exact) mass is 350 g/mol.